The minimum atomic E-state index is 0.437. The Bertz CT molecular complexity index is 342. The van der Waals surface area contributed by atoms with Crippen molar-refractivity contribution in [1.82, 2.24) is 10.3 Å². The van der Waals surface area contributed by atoms with E-state index in [0.717, 1.165) is 24.9 Å². The van der Waals surface area contributed by atoms with Crippen molar-refractivity contribution < 1.29 is 22.1 Å². The van der Waals surface area contributed by atoms with Gasteiger partial charge in [0.2, 0.25) is 0 Å². The second-order valence-electron chi connectivity index (χ2n) is 6.79. The van der Waals surface area contributed by atoms with E-state index >= 15 is 0 Å². The molecule has 6 heteroatoms. The number of halogens is 1. The Labute approximate surface area is 159 Å². The third kappa shape index (κ3) is 18.3. The zero-order valence-corrected chi connectivity index (χ0v) is 19.0. The number of nitrogens with zero attached hydrogens (tertiary/aromatic N) is 1. The van der Waals surface area contributed by atoms with E-state index in [-0.39, 0.29) is 0 Å². The summed E-state index contributed by atoms with van der Waals surface area (Å²) in [6.45, 7) is 18.8. The van der Waals surface area contributed by atoms with Gasteiger partial charge in [0.05, 0.1) is 5.69 Å². The van der Waals surface area contributed by atoms with E-state index in [9.17, 15) is 0 Å². The maximum atomic E-state index is 7.75. The van der Waals surface area contributed by atoms with E-state index in [1.807, 2.05) is 24.4 Å². The third-order valence-corrected chi connectivity index (χ3v) is 3.89. The van der Waals surface area contributed by atoms with Gasteiger partial charge in [-0.05, 0) is 35.7 Å². The summed E-state index contributed by atoms with van der Waals surface area (Å²) in [6, 6.07) is 5.96. The van der Waals surface area contributed by atoms with Gasteiger partial charge < -0.3 is 10.1 Å². The Balaban J connectivity index is -0.000000296. The van der Waals surface area contributed by atoms with E-state index < -0.39 is 0 Å². The van der Waals surface area contributed by atoms with Crippen molar-refractivity contribution in [2.45, 2.75) is 48.1 Å². The van der Waals surface area contributed by atoms with Gasteiger partial charge in [0, 0.05) is 12.7 Å². The van der Waals surface area contributed by atoms with Crippen LogP contribution in [-0.2, 0) is 28.7 Å². The standard InChI is InChI=1S/C8H13N2P.C8H18.CHO.ClH.Ru.H/c11-6-5-9-7-8-3-1-2-4-10-8;1-7(2,3)8(4,5)6;1-2;;;/h1-4,9H,5-7,11H2;1-6H3;1H;1H;;/q;;-1;;+3;/p-1. The fourth-order valence-corrected chi connectivity index (χ4v) is 1.03. The quantitative estimate of drug-likeness (QED) is 0.246. The molecule has 1 N–H and O–H groups in total. The van der Waals surface area contributed by atoms with Gasteiger partial charge in [-0.3, -0.25) is 11.8 Å². The Hall–Kier alpha value is 0.123. The van der Waals surface area contributed by atoms with Crippen LogP contribution in [0.15, 0.2) is 24.4 Å². The Morgan fingerprint density at radius 2 is 1.61 bits per heavy atom. The summed E-state index contributed by atoms with van der Waals surface area (Å²) in [4.78, 5) is 11.9. The molecule has 1 heterocycles. The maximum absolute atomic E-state index is 7.75. The predicted molar refractivity (Wildman–Crippen MR) is 103 cm³/mol. The van der Waals surface area contributed by atoms with Gasteiger partial charge in [0.15, 0.2) is 0 Å². The van der Waals surface area contributed by atoms with E-state index in [2.05, 4.69) is 77.6 Å². The van der Waals surface area contributed by atoms with Crippen molar-refractivity contribution in [2.75, 3.05) is 12.7 Å². The Kier molecular flexibility index (Phi) is 20.6. The van der Waals surface area contributed by atoms with Crippen LogP contribution in [0.4, 0.5) is 0 Å². The number of aromatic nitrogens is 1. The average molecular weight is 449 g/mol. The molecule has 1 aromatic rings. The molecular formula is C17H33ClN2OPRu+. The summed E-state index contributed by atoms with van der Waals surface area (Å²) in [5.41, 5.74) is 1.98. The molecule has 23 heavy (non-hydrogen) atoms. The van der Waals surface area contributed by atoms with Crippen molar-refractivity contribution in [3.63, 3.8) is 0 Å². The fourth-order valence-electron chi connectivity index (χ4n) is 0.821. The molecule has 0 aromatic carbocycles. The number of hydrogen-bond acceptors (Lipinski definition) is 3. The van der Waals surface area contributed by atoms with Crippen molar-refractivity contribution in [2.24, 2.45) is 10.8 Å². The molecule has 0 bridgehead atoms. The van der Waals surface area contributed by atoms with Gasteiger partial charge in [-0.2, -0.15) is 0 Å². The van der Waals surface area contributed by atoms with Gasteiger partial charge in [-0.1, -0.05) is 47.6 Å². The van der Waals surface area contributed by atoms with Crippen LogP contribution in [0.25, 0.3) is 0 Å². The molecule has 1 atom stereocenters. The second kappa shape index (κ2) is 17.0. The molecule has 136 valence electrons. The summed E-state index contributed by atoms with van der Waals surface area (Å²) in [5, 5.41) is 3.27. The first-order valence-electron chi connectivity index (χ1n) is 7.37. The van der Waals surface area contributed by atoms with Gasteiger partial charge in [-0.25, -0.2) is 0 Å². The Morgan fingerprint density at radius 3 is 1.91 bits per heavy atom. The second-order valence-corrected chi connectivity index (χ2v) is 7.36. The molecule has 0 radical (unpaired) electrons. The monoisotopic (exact) mass is 449 g/mol. The topological polar surface area (TPSA) is 42.0 Å². The first-order valence-corrected chi connectivity index (χ1v) is 10.6. The molecular weight excluding hydrogens is 416 g/mol. The van der Waals surface area contributed by atoms with Crippen LogP contribution >= 0.6 is 18.9 Å². The van der Waals surface area contributed by atoms with E-state index in [1.165, 1.54) is 0 Å². The zero-order chi connectivity index (χ0) is 18.9. The van der Waals surface area contributed by atoms with E-state index in [1.54, 1.807) is 17.3 Å². The molecule has 3 nitrogen and oxygen atoms in total. The average Bonchev–Trinajstić information content (AvgIpc) is 2.51. The van der Waals surface area contributed by atoms with Gasteiger partial charge in [0.25, 0.3) is 0 Å². The fraction of sp³-hybridized carbons (Fsp3) is 0.647. The van der Waals surface area contributed by atoms with Crippen molar-refractivity contribution in [3.8, 4) is 0 Å². The molecule has 0 aliphatic carbocycles. The molecule has 0 amide bonds. The summed E-state index contributed by atoms with van der Waals surface area (Å²) in [7, 11) is 7.29. The number of nitrogens with one attached hydrogen (secondary N) is 1. The van der Waals surface area contributed by atoms with Crippen molar-refractivity contribution >= 4 is 25.7 Å². The van der Waals surface area contributed by atoms with E-state index in [0.29, 0.717) is 10.8 Å². The Morgan fingerprint density at radius 1 is 1.13 bits per heavy atom. The van der Waals surface area contributed by atoms with E-state index in [4.69, 9.17) is 4.79 Å². The molecule has 0 saturated carbocycles. The van der Waals surface area contributed by atoms with Crippen LogP contribution in [0.3, 0.4) is 0 Å². The molecule has 1 rings (SSSR count). The number of pyridine rings is 1. The van der Waals surface area contributed by atoms with Gasteiger partial charge in [-0.15, -0.1) is 9.24 Å². The predicted octanol–water partition coefficient (Wildman–Crippen LogP) is 4.27. The number of hydrogen-bond donors (Lipinski definition) is 1. The van der Waals surface area contributed by atoms with Crippen LogP contribution in [0.2, 0.25) is 0 Å². The third-order valence-electron chi connectivity index (χ3n) is 3.60. The zero-order valence-electron chi connectivity index (χ0n) is 15.2. The van der Waals surface area contributed by atoms with Crippen LogP contribution in [0.1, 0.15) is 47.2 Å². The molecule has 0 fully saturated rings. The normalized spacial score (nSPS) is 10.1. The van der Waals surface area contributed by atoms with Crippen LogP contribution in [0, 0.1) is 10.8 Å². The van der Waals surface area contributed by atoms with Crippen molar-refractivity contribution in [1.29, 1.82) is 0 Å². The molecule has 0 spiro atoms. The first kappa shape index (κ1) is 27.9. The minimum absolute atomic E-state index is 0.437. The first-order chi connectivity index (χ1) is 10.7. The molecule has 0 aliphatic rings. The van der Waals surface area contributed by atoms with Gasteiger partial charge in [0.1, 0.15) is 0 Å². The molecule has 1 aromatic heterocycles. The molecule has 1 unspecified atom stereocenters. The number of carbonyl (C=O) groups excluding carboxylic acids is 1. The van der Waals surface area contributed by atoms with Gasteiger partial charge >= 0.3 is 27.0 Å². The van der Waals surface area contributed by atoms with Crippen LogP contribution in [-0.4, -0.2) is 24.5 Å². The SMILES string of the molecule is CC(C)(C)C(C)(C)C.PCCNCc1ccccn1.[CH-]=O.[Cl][RuH+2]. The summed E-state index contributed by atoms with van der Waals surface area (Å²) >= 11 is 1.62. The summed E-state index contributed by atoms with van der Waals surface area (Å²) < 4.78 is 0. The summed E-state index contributed by atoms with van der Waals surface area (Å²) in [6.07, 6.45) is 2.91. The van der Waals surface area contributed by atoms with Crippen LogP contribution < -0.4 is 5.32 Å². The number of rotatable bonds is 4. The van der Waals surface area contributed by atoms with Crippen molar-refractivity contribution in [3.05, 3.63) is 30.1 Å². The molecule has 0 aliphatic heterocycles. The summed E-state index contributed by atoms with van der Waals surface area (Å²) in [5.74, 6) is 0. The molecule has 0 saturated heterocycles. The van der Waals surface area contributed by atoms with Crippen LogP contribution in [0.5, 0.6) is 0 Å².